The summed E-state index contributed by atoms with van der Waals surface area (Å²) >= 11 is 7.75. The molecule has 0 amide bonds. The Morgan fingerprint density at radius 3 is 2.40 bits per heavy atom. The van der Waals surface area contributed by atoms with Crippen LogP contribution < -0.4 is 0 Å². The molecule has 0 unspecified atom stereocenters. The molecule has 1 aliphatic carbocycles. The number of halogens is 3. The first kappa shape index (κ1) is 34.9. The number of carbonyl (C=O) groups excluding carboxylic acids is 1. The first-order chi connectivity index (χ1) is 23.9. The predicted molar refractivity (Wildman–Crippen MR) is 194 cm³/mol. The van der Waals surface area contributed by atoms with Crippen LogP contribution in [-0.2, 0) is 14.3 Å². The average Bonchev–Trinajstić information content (AvgIpc) is 3.65. The fourth-order valence-electron chi connectivity index (χ4n) is 7.23. The number of pyridine rings is 1. The van der Waals surface area contributed by atoms with Gasteiger partial charge in [-0.25, -0.2) is 19.4 Å². The van der Waals surface area contributed by atoms with E-state index >= 15 is 0 Å². The standard InChI is InChI=1S/C38H42ClF2N5O3S/c1-6-48-36(47)33(49-38(3,4)5)29-21(2)20-27-34(30(29)22-10-12-24(39)13-11-22)50-35(43-27)26-14-15-28-32(42-26)31(44-46(28)37(40)41)23-16-18-45(19-17-23)25-8-7-9-25/h10-15,20,23,25,33,37H,6-9,16-19H2,1-5H3/t33-/m0/s1. The van der Waals surface area contributed by atoms with E-state index in [-0.39, 0.29) is 12.5 Å². The number of esters is 1. The summed E-state index contributed by atoms with van der Waals surface area (Å²) in [6, 6.07) is 13.5. The molecule has 1 atom stereocenters. The van der Waals surface area contributed by atoms with Gasteiger partial charge in [-0.1, -0.05) is 30.2 Å². The number of rotatable bonds is 9. The Labute approximate surface area is 299 Å². The van der Waals surface area contributed by atoms with Crippen molar-refractivity contribution < 1.29 is 23.0 Å². The summed E-state index contributed by atoms with van der Waals surface area (Å²) in [5.74, 6) is -0.421. The van der Waals surface area contributed by atoms with Crippen LogP contribution in [0, 0.1) is 6.92 Å². The maximum absolute atomic E-state index is 14.2. The summed E-state index contributed by atoms with van der Waals surface area (Å²) in [6.45, 7) is 8.75. The maximum Gasteiger partial charge on any atom is 0.339 e. The van der Waals surface area contributed by atoms with E-state index in [0.29, 0.717) is 44.1 Å². The lowest BCUT2D eigenvalue weighted by Gasteiger charge is -2.41. The van der Waals surface area contributed by atoms with Crippen molar-refractivity contribution in [3.05, 3.63) is 64.3 Å². The molecule has 3 aromatic heterocycles. The number of fused-ring (bicyclic) bond motifs is 2. The average molecular weight is 722 g/mol. The summed E-state index contributed by atoms with van der Waals surface area (Å²) in [5, 5.41) is 5.68. The molecule has 7 rings (SSSR count). The molecule has 0 radical (unpaired) electrons. The molecule has 2 aromatic carbocycles. The number of thiazole rings is 1. The molecule has 8 nitrogen and oxygen atoms in total. The second-order valence-corrected chi connectivity index (χ2v) is 15.7. The number of aromatic nitrogens is 4. The van der Waals surface area contributed by atoms with E-state index in [0.717, 1.165) is 57.5 Å². The zero-order valence-corrected chi connectivity index (χ0v) is 30.6. The highest BCUT2D eigenvalue weighted by Crippen LogP contribution is 2.45. The lowest BCUT2D eigenvalue weighted by atomic mass is 9.86. The van der Waals surface area contributed by atoms with Crippen LogP contribution in [0.15, 0.2) is 42.5 Å². The molecular formula is C38H42ClF2N5O3S. The summed E-state index contributed by atoms with van der Waals surface area (Å²) < 4.78 is 42.1. The van der Waals surface area contributed by atoms with Gasteiger partial charge in [0.2, 0.25) is 0 Å². The van der Waals surface area contributed by atoms with Crippen LogP contribution in [0.25, 0.3) is 43.1 Å². The quantitative estimate of drug-likeness (QED) is 0.140. The van der Waals surface area contributed by atoms with Crippen LogP contribution in [0.3, 0.4) is 0 Å². The van der Waals surface area contributed by atoms with E-state index in [9.17, 15) is 13.6 Å². The number of hydrogen-bond donors (Lipinski definition) is 0. The number of likely N-dealkylation sites (tertiary alicyclic amines) is 1. The van der Waals surface area contributed by atoms with Gasteiger partial charge >= 0.3 is 12.5 Å². The third-order valence-electron chi connectivity index (χ3n) is 9.79. The molecule has 5 aromatic rings. The minimum Gasteiger partial charge on any atom is -0.464 e. The van der Waals surface area contributed by atoms with Crippen LogP contribution >= 0.6 is 22.9 Å². The van der Waals surface area contributed by atoms with Gasteiger partial charge in [0.1, 0.15) is 10.5 Å². The number of piperidine rings is 1. The van der Waals surface area contributed by atoms with Crippen molar-refractivity contribution in [1.29, 1.82) is 0 Å². The van der Waals surface area contributed by atoms with Crippen molar-refractivity contribution in [3.63, 3.8) is 0 Å². The van der Waals surface area contributed by atoms with E-state index in [4.69, 9.17) is 31.0 Å². The molecule has 264 valence electrons. The molecule has 1 saturated heterocycles. The Kier molecular flexibility index (Phi) is 9.71. The van der Waals surface area contributed by atoms with E-state index < -0.39 is 24.2 Å². The Morgan fingerprint density at radius 1 is 1.06 bits per heavy atom. The van der Waals surface area contributed by atoms with Gasteiger partial charge in [-0.05, 0) is 115 Å². The normalized spacial score (nSPS) is 17.1. The van der Waals surface area contributed by atoms with Crippen molar-refractivity contribution >= 4 is 50.2 Å². The first-order valence-corrected chi connectivity index (χ1v) is 18.6. The largest absolute Gasteiger partial charge is 0.464 e. The Morgan fingerprint density at radius 2 is 1.78 bits per heavy atom. The number of ether oxygens (including phenoxy) is 2. The molecule has 0 N–H and O–H groups in total. The summed E-state index contributed by atoms with van der Waals surface area (Å²) in [4.78, 5) is 26.1. The topological polar surface area (TPSA) is 82.4 Å². The van der Waals surface area contributed by atoms with E-state index in [1.807, 2.05) is 58.0 Å². The Balaban J connectivity index is 1.35. The Bertz CT molecular complexity index is 2030. The Hall–Kier alpha value is -3.51. The molecule has 1 aliphatic heterocycles. The van der Waals surface area contributed by atoms with Crippen LogP contribution in [0.5, 0.6) is 0 Å². The van der Waals surface area contributed by atoms with Gasteiger partial charge in [-0.2, -0.15) is 13.9 Å². The monoisotopic (exact) mass is 721 g/mol. The van der Waals surface area contributed by atoms with Gasteiger partial charge in [0.25, 0.3) is 0 Å². The fraction of sp³-hybridized carbons (Fsp3) is 0.474. The van der Waals surface area contributed by atoms with E-state index in [1.165, 1.54) is 30.6 Å². The molecule has 0 bridgehead atoms. The van der Waals surface area contributed by atoms with Crippen LogP contribution in [0.4, 0.5) is 8.78 Å². The van der Waals surface area contributed by atoms with Crippen molar-refractivity contribution in [3.8, 4) is 21.8 Å². The molecule has 2 aliphatic rings. The molecule has 50 heavy (non-hydrogen) atoms. The van der Waals surface area contributed by atoms with Gasteiger partial charge in [-0.3, -0.25) is 0 Å². The van der Waals surface area contributed by atoms with Gasteiger partial charge in [0.05, 0.1) is 39.3 Å². The smallest absolute Gasteiger partial charge is 0.339 e. The van der Waals surface area contributed by atoms with Gasteiger partial charge < -0.3 is 14.4 Å². The molecule has 4 heterocycles. The maximum atomic E-state index is 14.2. The minimum absolute atomic E-state index is 0.0521. The molecule has 1 saturated carbocycles. The van der Waals surface area contributed by atoms with Crippen molar-refractivity contribution in [1.82, 2.24) is 24.6 Å². The predicted octanol–water partition coefficient (Wildman–Crippen LogP) is 9.88. The number of carbonyl (C=O) groups is 1. The molecule has 0 spiro atoms. The SMILES string of the molecule is CCOC(=O)[C@@H](OC(C)(C)C)c1c(C)cc2nc(-c3ccc4c(n3)c(C3CCN(C5CCC5)CC3)nn4C(F)F)sc2c1-c1ccc(Cl)cc1. The van der Waals surface area contributed by atoms with Gasteiger partial charge in [-0.15, -0.1) is 11.3 Å². The summed E-state index contributed by atoms with van der Waals surface area (Å²) in [7, 11) is 0. The summed E-state index contributed by atoms with van der Waals surface area (Å²) in [6.07, 6.45) is 4.50. The second-order valence-electron chi connectivity index (χ2n) is 14.3. The lowest BCUT2D eigenvalue weighted by Crippen LogP contribution is -2.44. The highest BCUT2D eigenvalue weighted by atomic mass is 35.5. The van der Waals surface area contributed by atoms with Crippen LogP contribution in [-0.4, -0.2) is 62.0 Å². The third-order valence-corrected chi connectivity index (χ3v) is 11.1. The number of benzene rings is 2. The zero-order chi connectivity index (χ0) is 35.3. The molecule has 2 fully saturated rings. The summed E-state index contributed by atoms with van der Waals surface area (Å²) in [5.41, 5.74) is 5.26. The number of alkyl halides is 2. The van der Waals surface area contributed by atoms with E-state index in [1.54, 1.807) is 19.1 Å². The first-order valence-electron chi connectivity index (χ1n) is 17.4. The second kappa shape index (κ2) is 13.9. The highest BCUT2D eigenvalue weighted by molar-refractivity contribution is 7.22. The fourth-order valence-corrected chi connectivity index (χ4v) is 8.45. The van der Waals surface area contributed by atoms with Crippen molar-refractivity contribution in [2.24, 2.45) is 0 Å². The van der Waals surface area contributed by atoms with E-state index in [2.05, 4.69) is 10.00 Å². The van der Waals surface area contributed by atoms with Crippen LogP contribution in [0.2, 0.25) is 5.02 Å². The van der Waals surface area contributed by atoms with Gasteiger partial charge in [0, 0.05) is 28.1 Å². The minimum atomic E-state index is -2.78. The molecular weight excluding hydrogens is 680 g/mol. The third kappa shape index (κ3) is 6.77. The number of nitrogens with zero attached hydrogens (tertiary/aromatic N) is 5. The van der Waals surface area contributed by atoms with Gasteiger partial charge in [0.15, 0.2) is 6.10 Å². The zero-order valence-electron chi connectivity index (χ0n) is 29.0. The van der Waals surface area contributed by atoms with Crippen molar-refractivity contribution in [2.75, 3.05) is 19.7 Å². The number of hydrogen-bond acceptors (Lipinski definition) is 8. The van der Waals surface area contributed by atoms with Crippen LogP contribution in [0.1, 0.15) is 95.2 Å². The lowest BCUT2D eigenvalue weighted by molar-refractivity contribution is -0.166. The number of aryl methyl sites for hydroxylation is 1. The highest BCUT2D eigenvalue weighted by Gasteiger charge is 2.35. The molecule has 12 heteroatoms. The van der Waals surface area contributed by atoms with Crippen molar-refractivity contribution in [2.45, 2.75) is 96.9 Å².